The minimum Gasteiger partial charge on any atom is -0.480 e. The molecular weight excluding hydrogens is 454 g/mol. The summed E-state index contributed by atoms with van der Waals surface area (Å²) < 4.78 is 0. The number of carbonyl (C=O) groups excluding carboxylic acids is 4. The number of nitrogens with two attached hydrogens (primary N) is 2. The minimum absolute atomic E-state index is 0.0715. The van der Waals surface area contributed by atoms with Gasteiger partial charge in [-0.15, -0.1) is 0 Å². The number of imidazole rings is 1. The van der Waals surface area contributed by atoms with E-state index in [1.165, 1.54) is 31.2 Å². The molecule has 9 N–H and O–H groups in total. The summed E-state index contributed by atoms with van der Waals surface area (Å²) in [6, 6.07) is -4.38. The summed E-state index contributed by atoms with van der Waals surface area (Å²) in [6.45, 7) is 1.41. The van der Waals surface area contributed by atoms with Gasteiger partial charge in [-0.2, -0.15) is 11.8 Å². The van der Waals surface area contributed by atoms with Crippen molar-refractivity contribution in [1.29, 1.82) is 0 Å². The van der Waals surface area contributed by atoms with Crippen molar-refractivity contribution < 1.29 is 29.1 Å². The van der Waals surface area contributed by atoms with Crippen LogP contribution in [0.3, 0.4) is 0 Å². The van der Waals surface area contributed by atoms with Crippen LogP contribution in [0.1, 0.15) is 31.9 Å². The van der Waals surface area contributed by atoms with Crippen molar-refractivity contribution >= 4 is 41.4 Å². The Kier molecular flexibility index (Phi) is 11.9. The lowest BCUT2D eigenvalue weighted by atomic mass is 10.1. The number of carboxylic acids is 1. The van der Waals surface area contributed by atoms with Crippen LogP contribution in [0.25, 0.3) is 0 Å². The zero-order chi connectivity index (χ0) is 25.0. The molecule has 0 fully saturated rings. The molecule has 0 radical (unpaired) electrons. The van der Waals surface area contributed by atoms with Crippen LogP contribution in [-0.4, -0.2) is 80.8 Å². The van der Waals surface area contributed by atoms with Gasteiger partial charge in [-0.05, 0) is 31.8 Å². The standard InChI is InChI=1S/C19H31N7O6S/c1-10(24-17(29)12(20)5-6-33-2)16(28)25-13(3-4-15(21)27)18(30)26-14(19(31)32)7-11-8-22-9-23-11/h8-10,12-14H,3-7,20H2,1-2H3,(H2,21,27)(H,22,23)(H,24,29)(H,25,28)(H,26,30)(H,31,32). The maximum Gasteiger partial charge on any atom is 0.326 e. The Morgan fingerprint density at radius 2 is 1.76 bits per heavy atom. The minimum atomic E-state index is -1.31. The average Bonchev–Trinajstić information content (AvgIpc) is 3.26. The predicted molar refractivity (Wildman–Crippen MR) is 121 cm³/mol. The van der Waals surface area contributed by atoms with Crippen LogP contribution >= 0.6 is 11.8 Å². The molecular formula is C19H31N7O6S. The van der Waals surface area contributed by atoms with E-state index in [0.29, 0.717) is 17.9 Å². The molecule has 0 saturated heterocycles. The molecule has 1 aromatic rings. The normalized spacial score (nSPS) is 14.4. The van der Waals surface area contributed by atoms with Gasteiger partial charge in [-0.3, -0.25) is 19.2 Å². The van der Waals surface area contributed by atoms with E-state index in [2.05, 4.69) is 25.9 Å². The number of aromatic nitrogens is 2. The third-order valence-corrected chi connectivity index (χ3v) is 5.27. The molecule has 14 heteroatoms. The molecule has 0 aliphatic rings. The van der Waals surface area contributed by atoms with E-state index in [-0.39, 0.29) is 19.3 Å². The highest BCUT2D eigenvalue weighted by atomic mass is 32.2. The third kappa shape index (κ3) is 10.4. The van der Waals surface area contributed by atoms with Gasteiger partial charge in [0.2, 0.25) is 23.6 Å². The fourth-order valence-electron chi connectivity index (χ4n) is 2.70. The molecule has 0 spiro atoms. The number of hydrogen-bond acceptors (Lipinski definition) is 8. The number of hydrogen-bond donors (Lipinski definition) is 7. The second kappa shape index (κ2) is 14.1. The van der Waals surface area contributed by atoms with Gasteiger partial charge in [0, 0.05) is 24.7 Å². The second-order valence-electron chi connectivity index (χ2n) is 7.36. The number of nitrogens with zero attached hydrogens (tertiary/aromatic N) is 1. The molecule has 0 aromatic carbocycles. The summed E-state index contributed by atoms with van der Waals surface area (Å²) in [5.41, 5.74) is 11.4. The lowest BCUT2D eigenvalue weighted by molar-refractivity contribution is -0.142. The van der Waals surface area contributed by atoms with Crippen molar-refractivity contribution in [2.75, 3.05) is 12.0 Å². The summed E-state index contributed by atoms with van der Waals surface area (Å²) in [6.07, 6.45) is 4.64. The molecule has 0 aliphatic carbocycles. The summed E-state index contributed by atoms with van der Waals surface area (Å²) in [7, 11) is 0. The molecule has 1 rings (SSSR count). The number of nitrogens with one attached hydrogen (secondary N) is 4. The van der Waals surface area contributed by atoms with Gasteiger partial charge in [0.05, 0.1) is 12.4 Å². The number of primary amides is 1. The van der Waals surface area contributed by atoms with E-state index in [4.69, 9.17) is 11.5 Å². The number of carboxylic acid groups (broad SMARTS) is 1. The predicted octanol–water partition coefficient (Wildman–Crippen LogP) is -2.14. The van der Waals surface area contributed by atoms with Crippen LogP contribution in [-0.2, 0) is 30.4 Å². The van der Waals surface area contributed by atoms with Crippen molar-refractivity contribution in [3.63, 3.8) is 0 Å². The number of aromatic amines is 1. The van der Waals surface area contributed by atoms with Crippen molar-refractivity contribution in [1.82, 2.24) is 25.9 Å². The van der Waals surface area contributed by atoms with Crippen LogP contribution < -0.4 is 27.4 Å². The van der Waals surface area contributed by atoms with Crippen molar-refractivity contribution in [2.24, 2.45) is 11.5 Å². The summed E-state index contributed by atoms with van der Waals surface area (Å²) in [4.78, 5) is 66.7. The lowest BCUT2D eigenvalue weighted by Crippen LogP contribution is -2.56. The molecule has 4 unspecified atom stereocenters. The number of carbonyl (C=O) groups is 5. The second-order valence-corrected chi connectivity index (χ2v) is 8.35. The zero-order valence-electron chi connectivity index (χ0n) is 18.5. The Bertz CT molecular complexity index is 820. The Labute approximate surface area is 195 Å². The van der Waals surface area contributed by atoms with Gasteiger partial charge in [0.15, 0.2) is 0 Å². The molecule has 33 heavy (non-hydrogen) atoms. The summed E-state index contributed by atoms with van der Waals surface area (Å²) in [5, 5.41) is 16.7. The summed E-state index contributed by atoms with van der Waals surface area (Å²) in [5.74, 6) is -3.35. The molecule has 1 heterocycles. The quantitative estimate of drug-likeness (QED) is 0.144. The van der Waals surface area contributed by atoms with Gasteiger partial charge in [-0.1, -0.05) is 0 Å². The average molecular weight is 486 g/mol. The molecule has 1 aromatic heterocycles. The van der Waals surface area contributed by atoms with Gasteiger partial charge in [0.1, 0.15) is 18.1 Å². The first kappa shape index (κ1) is 27.9. The molecule has 0 bridgehead atoms. The highest BCUT2D eigenvalue weighted by Crippen LogP contribution is 2.04. The van der Waals surface area contributed by atoms with E-state index < -0.39 is 53.8 Å². The Morgan fingerprint density at radius 1 is 1.09 bits per heavy atom. The smallest absolute Gasteiger partial charge is 0.326 e. The molecule has 0 aliphatic heterocycles. The Morgan fingerprint density at radius 3 is 2.30 bits per heavy atom. The molecule has 184 valence electrons. The van der Waals surface area contributed by atoms with Gasteiger partial charge in [-0.25, -0.2) is 9.78 Å². The maximum absolute atomic E-state index is 12.7. The monoisotopic (exact) mass is 485 g/mol. The van der Waals surface area contributed by atoms with Crippen molar-refractivity contribution in [3.05, 3.63) is 18.2 Å². The first-order valence-electron chi connectivity index (χ1n) is 10.2. The van der Waals surface area contributed by atoms with E-state index in [9.17, 15) is 29.1 Å². The van der Waals surface area contributed by atoms with Gasteiger partial charge >= 0.3 is 5.97 Å². The topological polar surface area (TPSA) is 222 Å². The van der Waals surface area contributed by atoms with Gasteiger partial charge < -0.3 is 37.5 Å². The molecule has 13 nitrogen and oxygen atoms in total. The van der Waals surface area contributed by atoms with Crippen LogP contribution in [0.15, 0.2) is 12.5 Å². The Balaban J connectivity index is 2.80. The van der Waals surface area contributed by atoms with Crippen molar-refractivity contribution in [3.8, 4) is 0 Å². The van der Waals surface area contributed by atoms with E-state index in [1.807, 2.05) is 6.26 Å². The number of H-pyrrole nitrogens is 1. The lowest BCUT2D eigenvalue weighted by Gasteiger charge is -2.23. The number of amides is 4. The van der Waals surface area contributed by atoms with Crippen LogP contribution in [0.4, 0.5) is 0 Å². The first-order valence-corrected chi connectivity index (χ1v) is 11.6. The highest BCUT2D eigenvalue weighted by Gasteiger charge is 2.29. The van der Waals surface area contributed by atoms with Crippen molar-refractivity contribution in [2.45, 2.75) is 56.8 Å². The fourth-order valence-corrected chi connectivity index (χ4v) is 3.19. The van der Waals surface area contributed by atoms with Crippen LogP contribution in [0, 0.1) is 0 Å². The van der Waals surface area contributed by atoms with Crippen LogP contribution in [0.5, 0.6) is 0 Å². The maximum atomic E-state index is 12.7. The van der Waals surface area contributed by atoms with Crippen LogP contribution in [0.2, 0.25) is 0 Å². The fraction of sp³-hybridized carbons (Fsp3) is 0.579. The SMILES string of the molecule is CSCCC(N)C(=O)NC(C)C(=O)NC(CCC(N)=O)C(=O)NC(Cc1cnc[nH]1)C(=O)O. The van der Waals surface area contributed by atoms with E-state index in [1.54, 1.807) is 0 Å². The van der Waals surface area contributed by atoms with E-state index in [0.717, 1.165) is 0 Å². The first-order chi connectivity index (χ1) is 15.5. The largest absolute Gasteiger partial charge is 0.480 e. The zero-order valence-corrected chi connectivity index (χ0v) is 19.3. The third-order valence-electron chi connectivity index (χ3n) is 4.63. The number of rotatable bonds is 15. The highest BCUT2D eigenvalue weighted by molar-refractivity contribution is 7.98. The molecule has 4 amide bonds. The molecule has 4 atom stereocenters. The van der Waals surface area contributed by atoms with Gasteiger partial charge in [0.25, 0.3) is 0 Å². The Hall–Kier alpha value is -3.13. The summed E-state index contributed by atoms with van der Waals surface area (Å²) >= 11 is 1.53. The number of thioether (sulfide) groups is 1. The molecule has 0 saturated carbocycles. The number of aliphatic carboxylic acids is 1. The van der Waals surface area contributed by atoms with E-state index >= 15 is 0 Å².